The molecule has 0 unspecified atom stereocenters. The average Bonchev–Trinajstić information content (AvgIpc) is 2.54. The lowest BCUT2D eigenvalue weighted by atomic mass is 10.0. The molecule has 6 nitrogen and oxygen atoms in total. The minimum absolute atomic E-state index is 0.221. The monoisotopic (exact) mass is 368 g/mol. The SMILES string of the molecule is COc1ccc(C(=O)c2ccc(NS(=O)(=O)N(C)C)cc2)cc1Cl. The van der Waals surface area contributed by atoms with E-state index in [2.05, 4.69) is 4.72 Å². The van der Waals surface area contributed by atoms with Crippen LogP contribution in [0.25, 0.3) is 0 Å². The Balaban J connectivity index is 2.21. The van der Waals surface area contributed by atoms with Crippen LogP contribution in [-0.2, 0) is 10.2 Å². The average molecular weight is 369 g/mol. The molecule has 0 amide bonds. The van der Waals surface area contributed by atoms with Gasteiger partial charge in [0.2, 0.25) is 0 Å². The number of benzene rings is 2. The fourth-order valence-corrected chi connectivity index (χ4v) is 2.78. The van der Waals surface area contributed by atoms with Crippen LogP contribution in [0.5, 0.6) is 5.75 Å². The Bertz CT molecular complexity index is 849. The number of ketones is 1. The highest BCUT2D eigenvalue weighted by Crippen LogP contribution is 2.26. The number of rotatable bonds is 6. The van der Waals surface area contributed by atoms with Crippen LogP contribution in [0.15, 0.2) is 42.5 Å². The van der Waals surface area contributed by atoms with Crippen molar-refractivity contribution in [2.45, 2.75) is 0 Å². The van der Waals surface area contributed by atoms with Gasteiger partial charge in [0.1, 0.15) is 5.75 Å². The lowest BCUT2D eigenvalue weighted by Gasteiger charge is -2.13. The fourth-order valence-electron chi connectivity index (χ4n) is 1.90. The molecular weight excluding hydrogens is 352 g/mol. The Morgan fingerprint density at radius 2 is 1.67 bits per heavy atom. The van der Waals surface area contributed by atoms with E-state index in [0.717, 1.165) is 4.31 Å². The minimum atomic E-state index is -3.58. The Morgan fingerprint density at radius 1 is 1.08 bits per heavy atom. The van der Waals surface area contributed by atoms with E-state index < -0.39 is 10.2 Å². The molecule has 0 radical (unpaired) electrons. The first-order valence-electron chi connectivity index (χ1n) is 6.93. The van der Waals surface area contributed by atoms with Gasteiger partial charge in [0.25, 0.3) is 0 Å². The predicted molar refractivity (Wildman–Crippen MR) is 94.1 cm³/mol. The summed E-state index contributed by atoms with van der Waals surface area (Å²) < 4.78 is 32.0. The van der Waals surface area contributed by atoms with Crippen LogP contribution >= 0.6 is 11.6 Å². The van der Waals surface area contributed by atoms with E-state index >= 15 is 0 Å². The molecule has 0 aliphatic rings. The van der Waals surface area contributed by atoms with E-state index in [-0.39, 0.29) is 5.78 Å². The number of anilines is 1. The number of carbonyl (C=O) groups is 1. The van der Waals surface area contributed by atoms with Crippen LogP contribution in [0.1, 0.15) is 15.9 Å². The highest BCUT2D eigenvalue weighted by molar-refractivity contribution is 7.90. The number of ether oxygens (including phenoxy) is 1. The smallest absolute Gasteiger partial charge is 0.301 e. The molecule has 24 heavy (non-hydrogen) atoms. The van der Waals surface area contributed by atoms with Crippen molar-refractivity contribution in [3.63, 3.8) is 0 Å². The molecule has 0 aliphatic heterocycles. The van der Waals surface area contributed by atoms with Crippen molar-refractivity contribution in [2.75, 3.05) is 25.9 Å². The van der Waals surface area contributed by atoms with Crippen LogP contribution in [0, 0.1) is 0 Å². The van der Waals surface area contributed by atoms with Gasteiger partial charge in [0, 0.05) is 30.9 Å². The highest BCUT2D eigenvalue weighted by atomic mass is 35.5. The van der Waals surface area contributed by atoms with Crippen molar-refractivity contribution < 1.29 is 17.9 Å². The summed E-state index contributed by atoms with van der Waals surface area (Å²) in [5, 5.41) is 0.346. The zero-order valence-corrected chi connectivity index (χ0v) is 15.0. The van der Waals surface area contributed by atoms with E-state index in [1.54, 1.807) is 24.3 Å². The third-order valence-electron chi connectivity index (χ3n) is 3.29. The fraction of sp³-hybridized carbons (Fsp3) is 0.188. The van der Waals surface area contributed by atoms with E-state index in [4.69, 9.17) is 16.3 Å². The molecule has 0 atom stereocenters. The minimum Gasteiger partial charge on any atom is -0.495 e. The van der Waals surface area contributed by atoms with E-state index in [9.17, 15) is 13.2 Å². The summed E-state index contributed by atoms with van der Waals surface area (Å²) in [5.74, 6) is 0.267. The topological polar surface area (TPSA) is 75.7 Å². The summed E-state index contributed by atoms with van der Waals surface area (Å²) >= 11 is 6.03. The van der Waals surface area contributed by atoms with E-state index in [1.165, 1.54) is 39.4 Å². The van der Waals surface area contributed by atoms with Crippen molar-refractivity contribution in [1.82, 2.24) is 4.31 Å². The van der Waals surface area contributed by atoms with E-state index in [1.807, 2.05) is 0 Å². The van der Waals surface area contributed by atoms with Gasteiger partial charge in [-0.25, -0.2) is 0 Å². The molecule has 8 heteroatoms. The molecule has 0 fully saturated rings. The molecule has 0 aliphatic carbocycles. The van der Waals surface area contributed by atoms with Crippen molar-refractivity contribution in [1.29, 1.82) is 0 Å². The molecule has 2 rings (SSSR count). The number of carbonyl (C=O) groups excluding carboxylic acids is 1. The lowest BCUT2D eigenvalue weighted by molar-refractivity contribution is 0.103. The molecule has 128 valence electrons. The summed E-state index contributed by atoms with van der Waals surface area (Å²) in [6.45, 7) is 0. The number of nitrogens with zero attached hydrogens (tertiary/aromatic N) is 1. The second-order valence-corrected chi connectivity index (χ2v) is 7.44. The normalized spacial score (nSPS) is 11.4. The van der Waals surface area contributed by atoms with Crippen molar-refractivity contribution in [3.05, 3.63) is 58.6 Å². The summed E-state index contributed by atoms with van der Waals surface area (Å²) in [6, 6.07) is 10.9. The molecule has 2 aromatic rings. The lowest BCUT2D eigenvalue weighted by Crippen LogP contribution is -2.28. The number of nitrogens with one attached hydrogen (secondary N) is 1. The van der Waals surface area contributed by atoms with Gasteiger partial charge in [-0.3, -0.25) is 9.52 Å². The van der Waals surface area contributed by atoms with Crippen LogP contribution < -0.4 is 9.46 Å². The Hall–Kier alpha value is -2.09. The molecule has 2 aromatic carbocycles. The maximum absolute atomic E-state index is 12.5. The molecule has 0 spiro atoms. The Kier molecular flexibility index (Phi) is 5.48. The van der Waals surface area contributed by atoms with Gasteiger partial charge in [0.15, 0.2) is 5.78 Å². The molecule has 0 bridgehead atoms. The first-order chi connectivity index (χ1) is 11.2. The molecule has 1 N–H and O–H groups in total. The largest absolute Gasteiger partial charge is 0.495 e. The maximum Gasteiger partial charge on any atom is 0.301 e. The zero-order valence-electron chi connectivity index (χ0n) is 13.4. The van der Waals surface area contributed by atoms with Crippen molar-refractivity contribution in [3.8, 4) is 5.75 Å². The predicted octanol–water partition coefficient (Wildman–Crippen LogP) is 2.80. The van der Waals surface area contributed by atoms with Crippen molar-refractivity contribution >= 4 is 33.3 Å². The molecule has 0 saturated carbocycles. The summed E-state index contributed by atoms with van der Waals surface area (Å²) in [7, 11) is 0.762. The first kappa shape index (κ1) is 18.3. The Labute approximate surface area is 146 Å². The maximum atomic E-state index is 12.5. The summed E-state index contributed by atoms with van der Waals surface area (Å²) in [5.41, 5.74) is 1.21. The van der Waals surface area contributed by atoms with Crippen LogP contribution in [0.3, 0.4) is 0 Å². The van der Waals surface area contributed by atoms with Crippen LogP contribution in [0.4, 0.5) is 5.69 Å². The van der Waals surface area contributed by atoms with Crippen molar-refractivity contribution in [2.24, 2.45) is 0 Å². The van der Waals surface area contributed by atoms with Gasteiger partial charge in [-0.15, -0.1) is 0 Å². The number of halogens is 1. The Morgan fingerprint density at radius 3 is 2.17 bits per heavy atom. The number of hydrogen-bond donors (Lipinski definition) is 1. The second kappa shape index (κ2) is 7.21. The number of methoxy groups -OCH3 is 1. The van der Waals surface area contributed by atoms with Gasteiger partial charge >= 0.3 is 10.2 Å². The van der Waals surface area contributed by atoms with Gasteiger partial charge in [0.05, 0.1) is 12.1 Å². The first-order valence-corrected chi connectivity index (χ1v) is 8.75. The van der Waals surface area contributed by atoms with Crippen LogP contribution in [0.2, 0.25) is 5.02 Å². The molecule has 0 aromatic heterocycles. The van der Waals surface area contributed by atoms with Crippen LogP contribution in [-0.4, -0.2) is 39.7 Å². The third-order valence-corrected chi connectivity index (χ3v) is 5.04. The summed E-state index contributed by atoms with van der Waals surface area (Å²) in [6.07, 6.45) is 0. The highest BCUT2D eigenvalue weighted by Gasteiger charge is 2.14. The van der Waals surface area contributed by atoms with Gasteiger partial charge in [-0.1, -0.05) is 11.6 Å². The summed E-state index contributed by atoms with van der Waals surface area (Å²) in [4.78, 5) is 12.5. The van der Waals surface area contributed by atoms with Gasteiger partial charge in [-0.05, 0) is 42.5 Å². The second-order valence-electron chi connectivity index (χ2n) is 5.15. The van der Waals surface area contributed by atoms with E-state index in [0.29, 0.717) is 27.6 Å². The number of hydrogen-bond acceptors (Lipinski definition) is 4. The standard InChI is InChI=1S/C16H17ClN2O4S/c1-19(2)24(21,22)18-13-7-4-11(5-8-13)16(20)12-6-9-15(23-3)14(17)10-12/h4-10,18H,1-3H3. The molecular formula is C16H17ClN2O4S. The van der Waals surface area contributed by atoms with Gasteiger partial charge < -0.3 is 4.74 Å². The van der Waals surface area contributed by atoms with Gasteiger partial charge in [-0.2, -0.15) is 12.7 Å². The molecule has 0 saturated heterocycles. The molecule has 0 heterocycles. The third kappa shape index (κ3) is 4.05. The zero-order chi connectivity index (χ0) is 17.9. The quantitative estimate of drug-likeness (QED) is 0.795.